The van der Waals surface area contributed by atoms with Gasteiger partial charge in [-0.25, -0.2) is 8.42 Å². The van der Waals surface area contributed by atoms with Crippen molar-refractivity contribution in [2.45, 2.75) is 26.4 Å². The molecule has 7 heteroatoms. The van der Waals surface area contributed by atoms with Gasteiger partial charge in [-0.2, -0.15) is 4.31 Å². The van der Waals surface area contributed by atoms with Gasteiger partial charge >= 0.3 is 0 Å². The van der Waals surface area contributed by atoms with E-state index in [1.165, 1.54) is 0 Å². The van der Waals surface area contributed by atoms with Crippen molar-refractivity contribution in [2.75, 3.05) is 12.8 Å². The molecule has 6 nitrogen and oxygen atoms in total. The minimum atomic E-state index is -3.38. The van der Waals surface area contributed by atoms with Crippen molar-refractivity contribution in [1.29, 1.82) is 0 Å². The second-order valence-electron chi connectivity index (χ2n) is 4.54. The lowest BCUT2D eigenvalue weighted by atomic mass is 10.3. The zero-order chi connectivity index (χ0) is 14.5. The average molecular weight is 285 g/mol. The lowest BCUT2D eigenvalue weighted by Gasteiger charge is -2.23. The number of hydrogen-bond acceptors (Lipinski definition) is 4. The van der Waals surface area contributed by atoms with E-state index in [0.29, 0.717) is 6.54 Å². The molecule has 0 bridgehead atoms. The van der Waals surface area contributed by atoms with Crippen molar-refractivity contribution in [1.82, 2.24) is 14.6 Å². The summed E-state index contributed by atoms with van der Waals surface area (Å²) in [4.78, 5) is 15.7. The topological polar surface area (TPSA) is 79.4 Å². The van der Waals surface area contributed by atoms with Crippen LogP contribution in [0.1, 0.15) is 19.4 Å². The van der Waals surface area contributed by atoms with Crippen molar-refractivity contribution in [3.8, 4) is 0 Å². The Morgan fingerprint density at radius 3 is 2.63 bits per heavy atom. The monoisotopic (exact) mass is 285 g/mol. The normalized spacial score (nSPS) is 11.8. The van der Waals surface area contributed by atoms with Crippen LogP contribution in [0.5, 0.6) is 0 Å². The van der Waals surface area contributed by atoms with Crippen LogP contribution in [0.4, 0.5) is 0 Å². The lowest BCUT2D eigenvalue weighted by molar-refractivity contribution is -0.121. The van der Waals surface area contributed by atoms with Gasteiger partial charge in [-0.05, 0) is 25.5 Å². The number of hydrogen-bond donors (Lipinski definition) is 1. The van der Waals surface area contributed by atoms with Gasteiger partial charge in [0.05, 0.1) is 12.8 Å². The number of nitrogens with one attached hydrogen (secondary N) is 1. The van der Waals surface area contributed by atoms with Crippen LogP contribution in [-0.4, -0.2) is 42.5 Å². The van der Waals surface area contributed by atoms with Gasteiger partial charge in [0.1, 0.15) is 0 Å². The van der Waals surface area contributed by atoms with Crippen molar-refractivity contribution < 1.29 is 13.2 Å². The van der Waals surface area contributed by atoms with Crippen molar-refractivity contribution in [3.05, 3.63) is 30.1 Å². The van der Waals surface area contributed by atoms with E-state index in [4.69, 9.17) is 0 Å². The fourth-order valence-corrected chi connectivity index (χ4v) is 2.70. The fourth-order valence-electron chi connectivity index (χ4n) is 1.58. The summed E-state index contributed by atoms with van der Waals surface area (Å²) >= 11 is 0. The summed E-state index contributed by atoms with van der Waals surface area (Å²) < 4.78 is 24.2. The van der Waals surface area contributed by atoms with Crippen LogP contribution in [-0.2, 0) is 21.4 Å². The molecule has 0 aliphatic carbocycles. The highest BCUT2D eigenvalue weighted by Crippen LogP contribution is 2.04. The first-order valence-electron chi connectivity index (χ1n) is 5.93. The van der Waals surface area contributed by atoms with E-state index in [2.05, 4.69) is 10.3 Å². The van der Waals surface area contributed by atoms with Crippen LogP contribution in [0.25, 0.3) is 0 Å². The van der Waals surface area contributed by atoms with E-state index < -0.39 is 10.0 Å². The van der Waals surface area contributed by atoms with E-state index in [1.807, 2.05) is 6.07 Å². The van der Waals surface area contributed by atoms with Crippen molar-refractivity contribution in [3.63, 3.8) is 0 Å². The zero-order valence-electron chi connectivity index (χ0n) is 11.3. The Balaban J connectivity index is 2.55. The number of aromatic nitrogens is 1. The number of pyridine rings is 1. The lowest BCUT2D eigenvalue weighted by Crippen LogP contribution is -2.43. The third kappa shape index (κ3) is 5.35. The maximum absolute atomic E-state index is 11.7. The van der Waals surface area contributed by atoms with Crippen molar-refractivity contribution >= 4 is 15.9 Å². The van der Waals surface area contributed by atoms with Gasteiger partial charge in [-0.1, -0.05) is 6.07 Å². The molecule has 0 radical (unpaired) electrons. The Morgan fingerprint density at radius 1 is 1.47 bits per heavy atom. The summed E-state index contributed by atoms with van der Waals surface area (Å²) in [6.07, 6.45) is 4.40. The summed E-state index contributed by atoms with van der Waals surface area (Å²) in [7, 11) is -3.38. The maximum Gasteiger partial charge on any atom is 0.235 e. The molecule has 0 spiro atoms. The molecule has 1 rings (SSSR count). The third-order valence-corrected chi connectivity index (χ3v) is 3.92. The summed E-state index contributed by atoms with van der Waals surface area (Å²) in [6, 6.07) is 3.36. The van der Waals surface area contributed by atoms with Crippen molar-refractivity contribution in [2.24, 2.45) is 0 Å². The minimum absolute atomic E-state index is 0.170. The highest BCUT2D eigenvalue weighted by Gasteiger charge is 2.22. The molecule has 106 valence electrons. The fraction of sp³-hybridized carbons (Fsp3) is 0.500. The molecule has 0 aromatic carbocycles. The minimum Gasteiger partial charge on any atom is -0.351 e. The molecule has 1 aromatic rings. The number of sulfonamides is 1. The molecular formula is C12H19N3O3S. The molecule has 0 saturated carbocycles. The van der Waals surface area contributed by atoms with Crippen LogP contribution < -0.4 is 5.32 Å². The highest BCUT2D eigenvalue weighted by molar-refractivity contribution is 7.88. The molecule has 0 aliphatic heterocycles. The predicted molar refractivity (Wildman–Crippen MR) is 72.8 cm³/mol. The zero-order valence-corrected chi connectivity index (χ0v) is 12.1. The van der Waals surface area contributed by atoms with Gasteiger partial charge < -0.3 is 5.32 Å². The Labute approximate surface area is 113 Å². The van der Waals surface area contributed by atoms with Crippen LogP contribution in [0.3, 0.4) is 0 Å². The van der Waals surface area contributed by atoms with Gasteiger partial charge in [0.2, 0.25) is 15.9 Å². The predicted octanol–water partition coefficient (Wildman–Crippen LogP) is 0.368. The van der Waals surface area contributed by atoms with Crippen LogP contribution in [0, 0.1) is 0 Å². The number of nitrogens with zero attached hydrogens (tertiary/aromatic N) is 2. The summed E-state index contributed by atoms with van der Waals surface area (Å²) in [6.45, 7) is 3.63. The molecule has 0 unspecified atom stereocenters. The number of carbonyl (C=O) groups is 1. The standard InChI is InChI=1S/C12H19N3O3S/c1-10(2)15(19(3,17)18)9-12(16)14-8-11-5-4-6-13-7-11/h4-7,10H,8-9H2,1-3H3,(H,14,16). The second kappa shape index (κ2) is 6.63. The van der Waals surface area contributed by atoms with Crippen LogP contribution in [0.2, 0.25) is 0 Å². The van der Waals surface area contributed by atoms with E-state index >= 15 is 0 Å². The van der Waals surface area contributed by atoms with E-state index in [1.54, 1.807) is 32.3 Å². The largest absolute Gasteiger partial charge is 0.351 e. The van der Waals surface area contributed by atoms with E-state index in [0.717, 1.165) is 16.1 Å². The molecule has 0 atom stereocenters. The Bertz CT molecular complexity index is 514. The molecule has 0 fully saturated rings. The second-order valence-corrected chi connectivity index (χ2v) is 6.48. The number of amides is 1. The number of carbonyl (C=O) groups excluding carboxylic acids is 1. The molecule has 1 amide bonds. The van der Waals surface area contributed by atoms with Crippen LogP contribution in [0.15, 0.2) is 24.5 Å². The molecule has 0 aliphatic rings. The summed E-state index contributed by atoms with van der Waals surface area (Å²) in [5.74, 6) is -0.331. The van der Waals surface area contributed by atoms with Gasteiger partial charge in [-0.3, -0.25) is 9.78 Å². The van der Waals surface area contributed by atoms with Gasteiger partial charge in [-0.15, -0.1) is 0 Å². The van der Waals surface area contributed by atoms with Gasteiger partial charge in [0.15, 0.2) is 0 Å². The molecule has 1 N–H and O–H groups in total. The Kier molecular flexibility index (Phi) is 5.44. The molecule has 1 heterocycles. The van der Waals surface area contributed by atoms with Crippen LogP contribution >= 0.6 is 0 Å². The summed E-state index contributed by atoms with van der Waals surface area (Å²) in [5.41, 5.74) is 0.867. The molecule has 1 aromatic heterocycles. The molecule has 19 heavy (non-hydrogen) atoms. The third-order valence-electron chi connectivity index (χ3n) is 2.51. The van der Waals surface area contributed by atoms with Gasteiger partial charge in [0.25, 0.3) is 0 Å². The highest BCUT2D eigenvalue weighted by atomic mass is 32.2. The smallest absolute Gasteiger partial charge is 0.235 e. The first kappa shape index (κ1) is 15.6. The van der Waals surface area contributed by atoms with Gasteiger partial charge in [0, 0.05) is 25.0 Å². The first-order valence-corrected chi connectivity index (χ1v) is 7.78. The number of rotatable bonds is 6. The first-order chi connectivity index (χ1) is 8.80. The average Bonchev–Trinajstić information content (AvgIpc) is 2.33. The molecule has 0 saturated heterocycles. The maximum atomic E-state index is 11.7. The Morgan fingerprint density at radius 2 is 2.16 bits per heavy atom. The summed E-state index contributed by atoms with van der Waals surface area (Å²) in [5, 5.41) is 2.67. The quantitative estimate of drug-likeness (QED) is 0.819. The van der Waals surface area contributed by atoms with E-state index in [9.17, 15) is 13.2 Å². The van der Waals surface area contributed by atoms with E-state index in [-0.39, 0.29) is 18.5 Å². The SMILES string of the molecule is CC(C)N(CC(=O)NCc1cccnc1)S(C)(=O)=O. The molecular weight excluding hydrogens is 266 g/mol. The Hall–Kier alpha value is -1.47.